The van der Waals surface area contributed by atoms with E-state index in [1.165, 1.54) is 32.9 Å². The second-order valence-electron chi connectivity index (χ2n) is 8.37. The van der Waals surface area contributed by atoms with Crippen molar-refractivity contribution in [3.8, 4) is 0 Å². The van der Waals surface area contributed by atoms with Crippen LogP contribution in [0.3, 0.4) is 0 Å². The van der Waals surface area contributed by atoms with Crippen LogP contribution in [0.1, 0.15) is 58.4 Å². The summed E-state index contributed by atoms with van der Waals surface area (Å²) in [4.78, 5) is 5.23. The van der Waals surface area contributed by atoms with E-state index in [0.29, 0.717) is 18.4 Å². The van der Waals surface area contributed by atoms with Gasteiger partial charge >= 0.3 is 9.92 Å². The maximum absolute atomic E-state index is 12.3. The van der Waals surface area contributed by atoms with Gasteiger partial charge in [-0.3, -0.25) is 0 Å². The normalized spacial score (nSPS) is 15.5. The molecular weight excluding hydrogens is 476 g/mol. The second-order valence-corrected chi connectivity index (χ2v) is 15.2. The molecule has 0 saturated heterocycles. The van der Waals surface area contributed by atoms with Gasteiger partial charge in [-0.2, -0.15) is 4.79 Å². The number of hydrogen-bond donors (Lipinski definition) is 0. The molecule has 1 fully saturated rings. The van der Waals surface area contributed by atoms with E-state index in [4.69, 9.17) is 11.1 Å². The van der Waals surface area contributed by atoms with E-state index >= 15 is 0 Å². The van der Waals surface area contributed by atoms with E-state index < -0.39 is 43.9 Å². The Hall–Kier alpha value is -2.17. The Bertz CT molecular complexity index is 1230. The van der Waals surface area contributed by atoms with Crippen LogP contribution in [0.5, 0.6) is 0 Å². The topological polar surface area (TPSA) is 175 Å². The van der Waals surface area contributed by atoms with E-state index in [2.05, 4.69) is 9.58 Å². The smallest absolute Gasteiger partial charge is 0.361 e. The lowest BCUT2D eigenvalue weighted by Gasteiger charge is -2.21. The van der Waals surface area contributed by atoms with Crippen LogP contribution in [-0.2, 0) is 29.5 Å². The summed E-state index contributed by atoms with van der Waals surface area (Å²) in [5.41, 5.74) is 18.5. The first-order chi connectivity index (χ1) is 14.6. The molecular formula is C19H28N4O6S3. The number of sulfone groups is 3. The van der Waals surface area contributed by atoms with Gasteiger partial charge in [0, 0.05) is 0 Å². The first-order valence-electron chi connectivity index (χ1n) is 9.81. The predicted octanol–water partition coefficient (Wildman–Crippen LogP) is 2.56. The molecule has 0 aromatic heterocycles. The summed E-state index contributed by atoms with van der Waals surface area (Å²) >= 11 is 0. The van der Waals surface area contributed by atoms with Gasteiger partial charge in [0.25, 0.3) is 29.5 Å². The minimum atomic E-state index is -4.18. The molecule has 1 aromatic carbocycles. The summed E-state index contributed by atoms with van der Waals surface area (Å²) in [5, 5.41) is -0.760. The minimum absolute atomic E-state index is 0.121. The average molecular weight is 505 g/mol. The molecule has 1 aromatic rings. The van der Waals surface area contributed by atoms with E-state index in [-0.39, 0.29) is 4.90 Å². The van der Waals surface area contributed by atoms with Crippen molar-refractivity contribution in [2.75, 3.05) is 0 Å². The summed E-state index contributed by atoms with van der Waals surface area (Å²) < 4.78 is 69.1. The molecule has 0 bridgehead atoms. The number of benzene rings is 1. The van der Waals surface area contributed by atoms with Gasteiger partial charge in [-0.05, 0) is 52.7 Å². The summed E-state index contributed by atoms with van der Waals surface area (Å²) in [5.74, 6) is 0. The van der Waals surface area contributed by atoms with Crippen LogP contribution in [0.4, 0.5) is 0 Å². The Labute approximate surface area is 189 Å². The lowest BCUT2D eigenvalue weighted by atomic mass is 10.0. The average Bonchev–Trinajstić information content (AvgIpc) is 2.69. The van der Waals surface area contributed by atoms with E-state index in [0.717, 1.165) is 24.8 Å². The van der Waals surface area contributed by atoms with Gasteiger partial charge in [-0.15, -0.1) is 4.79 Å². The van der Waals surface area contributed by atoms with Gasteiger partial charge in [0.1, 0.15) is 0 Å². The first-order valence-corrected chi connectivity index (χ1v) is 14.4. The maximum Gasteiger partial charge on any atom is 0.495 e. The highest BCUT2D eigenvalue weighted by Crippen LogP contribution is 2.28. The molecule has 0 unspecified atom stereocenters. The van der Waals surface area contributed by atoms with Crippen molar-refractivity contribution in [3.05, 3.63) is 40.9 Å². The molecule has 0 N–H and O–H groups in total. The van der Waals surface area contributed by atoms with Gasteiger partial charge in [-0.25, -0.2) is 25.3 Å². The van der Waals surface area contributed by atoms with Crippen LogP contribution >= 0.6 is 0 Å². The van der Waals surface area contributed by atoms with Crippen LogP contribution in [0.25, 0.3) is 11.1 Å². The Morgan fingerprint density at radius 1 is 0.938 bits per heavy atom. The molecule has 13 heteroatoms. The fourth-order valence-corrected chi connectivity index (χ4v) is 8.02. The summed E-state index contributed by atoms with van der Waals surface area (Å²) in [6.07, 6.45) is 3.28. The lowest BCUT2D eigenvalue weighted by Crippen LogP contribution is -2.43. The lowest BCUT2D eigenvalue weighted by molar-refractivity contribution is 0.00353. The number of hydrogen-bond acceptors (Lipinski definition) is 6. The fraction of sp³-hybridized carbons (Fsp3) is 0.579. The zero-order valence-electron chi connectivity index (χ0n) is 18.5. The maximum atomic E-state index is 12.3. The van der Waals surface area contributed by atoms with Crippen LogP contribution < -0.4 is 0 Å². The highest BCUT2D eigenvalue weighted by atomic mass is 32.3. The van der Waals surface area contributed by atoms with Gasteiger partial charge < -0.3 is 11.1 Å². The van der Waals surface area contributed by atoms with E-state index in [9.17, 15) is 25.3 Å². The third-order valence-corrected chi connectivity index (χ3v) is 11.6. The van der Waals surface area contributed by atoms with Gasteiger partial charge in [-0.1, -0.05) is 37.0 Å². The second kappa shape index (κ2) is 10.6. The molecule has 0 heterocycles. The highest BCUT2D eigenvalue weighted by molar-refractivity contribution is 8.31. The zero-order chi connectivity index (χ0) is 24.8. The molecule has 178 valence electrons. The van der Waals surface area contributed by atoms with Crippen molar-refractivity contribution in [3.63, 3.8) is 0 Å². The molecule has 32 heavy (non-hydrogen) atoms. The molecule has 2 rings (SSSR count). The van der Waals surface area contributed by atoms with Crippen LogP contribution in [0.15, 0.2) is 29.2 Å². The summed E-state index contributed by atoms with van der Waals surface area (Å²) in [6, 6.07) is 6.29. The molecule has 0 spiro atoms. The highest BCUT2D eigenvalue weighted by Gasteiger charge is 2.51. The van der Waals surface area contributed by atoms with Crippen LogP contribution in [-0.4, -0.2) is 54.8 Å². The molecule has 0 atom stereocenters. The number of rotatable bonds is 3. The Balaban J connectivity index is 0.000000343. The third-order valence-electron chi connectivity index (χ3n) is 4.89. The van der Waals surface area contributed by atoms with Crippen molar-refractivity contribution in [2.24, 2.45) is 0 Å². The van der Waals surface area contributed by atoms with E-state index in [1.54, 1.807) is 12.1 Å². The molecule has 10 nitrogen and oxygen atoms in total. The van der Waals surface area contributed by atoms with Gasteiger partial charge in [0.15, 0.2) is 0 Å². The largest absolute Gasteiger partial charge is 0.495 e. The Kier molecular flexibility index (Phi) is 9.26. The van der Waals surface area contributed by atoms with Gasteiger partial charge in [0.05, 0.1) is 14.9 Å². The molecule has 1 aliphatic rings. The first kappa shape index (κ1) is 27.9. The molecule has 0 amide bonds. The van der Waals surface area contributed by atoms with Crippen LogP contribution in [0.2, 0.25) is 0 Å². The fourth-order valence-electron chi connectivity index (χ4n) is 2.89. The SMILES string of the molecule is CC(C)(C)S(=O)(=O)C(=[N+]=[N-])S(=O)(=O)C1CCCCC1.Cc1ccc(S(=O)(=O)C=[N+]=[N-])cc1. The monoisotopic (exact) mass is 504 g/mol. The number of nitrogens with zero attached hydrogens (tertiary/aromatic N) is 4. The number of aryl methyl sites for hydroxylation is 1. The van der Waals surface area contributed by atoms with E-state index in [1.807, 2.05) is 6.92 Å². The zero-order valence-corrected chi connectivity index (χ0v) is 20.9. The molecule has 0 aliphatic heterocycles. The Morgan fingerprint density at radius 3 is 1.84 bits per heavy atom. The van der Waals surface area contributed by atoms with Crippen molar-refractivity contribution in [1.29, 1.82) is 0 Å². The molecule has 0 radical (unpaired) electrons. The summed E-state index contributed by atoms with van der Waals surface area (Å²) in [7, 11) is -11.9. The molecule has 1 aliphatic carbocycles. The van der Waals surface area contributed by atoms with Crippen LogP contribution in [0, 0.1) is 6.92 Å². The molecule has 1 saturated carbocycles. The quantitative estimate of drug-likeness (QED) is 0.264. The van der Waals surface area contributed by atoms with Gasteiger partial charge in [0.2, 0.25) is 0 Å². The van der Waals surface area contributed by atoms with Crippen molar-refractivity contribution >= 4 is 39.4 Å². The van der Waals surface area contributed by atoms with Crippen molar-refractivity contribution in [1.82, 2.24) is 0 Å². The predicted molar refractivity (Wildman–Crippen MR) is 121 cm³/mol. The summed E-state index contributed by atoms with van der Waals surface area (Å²) in [6.45, 7) is 5.99. The minimum Gasteiger partial charge on any atom is -0.361 e. The third kappa shape index (κ3) is 6.66. The van der Waals surface area contributed by atoms with Crippen molar-refractivity contribution < 1.29 is 34.8 Å². The van der Waals surface area contributed by atoms with Crippen molar-refractivity contribution in [2.45, 2.75) is 74.7 Å². The Morgan fingerprint density at radius 2 is 1.44 bits per heavy atom. The standard InChI is InChI=1S/C11H20N2O4S2.C8H8N2O2S/c1-11(2,3)19(16,17)10(13-12)18(14,15)9-7-5-4-6-8-9;1-7-2-4-8(5-3-7)13(11,12)6-10-9/h9H,4-8H2,1-3H3;2-6H,1H3.